The zero-order chi connectivity index (χ0) is 79.1. The minimum atomic E-state index is 0.474. The molecule has 0 amide bonds. The molecule has 24 rings (SSSR count). The topological polar surface area (TPSA) is 271 Å². The van der Waals surface area contributed by atoms with Crippen molar-refractivity contribution in [2.45, 2.75) is 0 Å². The summed E-state index contributed by atoms with van der Waals surface area (Å²) in [4.78, 5) is 99.1. The van der Waals surface area contributed by atoms with Crippen LogP contribution in [0.3, 0.4) is 0 Å². The Balaban J connectivity index is 0.000000140. The normalized spacial score (nSPS) is 11.7. The number of fused-ring (bicyclic) bond motifs is 21. The van der Waals surface area contributed by atoms with Gasteiger partial charge in [-0.3, -0.25) is 24.9 Å². The number of nitrogens with zero attached hydrogens (tertiary/aromatic N) is 21. The van der Waals surface area contributed by atoms with Gasteiger partial charge in [0.05, 0.1) is 33.1 Å². The van der Waals surface area contributed by atoms with Crippen molar-refractivity contribution < 1.29 is 0 Å². The third-order valence-corrected chi connectivity index (χ3v) is 22.0. The van der Waals surface area contributed by atoms with Crippen LogP contribution in [0.5, 0.6) is 0 Å². The molecule has 0 fully saturated rings. The molecule has 0 aliphatic heterocycles. The Hall–Kier alpha value is -17.1. The summed E-state index contributed by atoms with van der Waals surface area (Å²) >= 11 is 0. The summed E-state index contributed by atoms with van der Waals surface area (Å²) in [6, 6.07) is 92.4. The highest BCUT2D eigenvalue weighted by Gasteiger charge is 2.22. The molecule has 0 saturated carbocycles. The number of benzene rings is 13. The van der Waals surface area contributed by atoms with Gasteiger partial charge in [-0.25, -0.2) is 79.7 Å². The first-order valence-corrected chi connectivity index (χ1v) is 38.8. The van der Waals surface area contributed by atoms with E-state index in [0.29, 0.717) is 63.9 Å². The molecule has 11 aromatic heterocycles. The summed E-state index contributed by atoms with van der Waals surface area (Å²) in [5.74, 6) is 5.71. The minimum absolute atomic E-state index is 0.474. The van der Waals surface area contributed by atoms with Gasteiger partial charge in [0.2, 0.25) is 0 Å². The van der Waals surface area contributed by atoms with Crippen LogP contribution in [0.4, 0.5) is 0 Å². The lowest BCUT2D eigenvalue weighted by atomic mass is 9.91. The van der Waals surface area contributed by atoms with Crippen LogP contribution in [-0.4, -0.2) is 105 Å². The molecule has 0 aliphatic rings. The SMILES string of the molecule is c1ccc(-c2ncnc(-c3ccc4c(c3)c3ccc(-c5ncnc(-c6ccccc6)n5)cc3c3ccc(-c5ncnc(-c6ccc7ccc8cccnc8c7n6)n5)cc43)n2)cc1.c1cnc2c(c1)cc(-c1ncnc(-c3ccc4c(c3)c3ccccc3c3ccc(-c5ncnc(-c6cc7cccnc7c7ncccc67)n5)cc34)n1)c1cccnc12. The maximum absolute atomic E-state index is 5.04. The first kappa shape index (κ1) is 68.5. The van der Waals surface area contributed by atoms with Gasteiger partial charge in [0.25, 0.3) is 0 Å². The average Bonchev–Trinajstić information content (AvgIpc) is 0.731. The summed E-state index contributed by atoms with van der Waals surface area (Å²) in [6.07, 6.45) is 16.8. The van der Waals surface area contributed by atoms with Gasteiger partial charge in [-0.15, -0.1) is 0 Å². The Labute approximate surface area is 680 Å². The van der Waals surface area contributed by atoms with Crippen molar-refractivity contribution >= 4 is 130 Å². The Morgan fingerprint density at radius 2 is 0.417 bits per heavy atom. The zero-order valence-corrected chi connectivity index (χ0v) is 63.1. The molecule has 0 spiro atoms. The first-order chi connectivity index (χ1) is 59.4. The third kappa shape index (κ3) is 12.0. The van der Waals surface area contributed by atoms with Crippen molar-refractivity contribution in [3.05, 3.63) is 336 Å². The lowest BCUT2D eigenvalue weighted by molar-refractivity contribution is 1.05. The molecule has 24 aromatic rings. The average molecular weight is 1540 g/mol. The van der Waals surface area contributed by atoms with E-state index in [4.69, 9.17) is 29.9 Å². The lowest BCUT2D eigenvalue weighted by Crippen LogP contribution is -1.98. The van der Waals surface area contributed by atoms with Crippen LogP contribution >= 0.6 is 0 Å². The van der Waals surface area contributed by atoms with Gasteiger partial charge in [-0.05, 0) is 143 Å². The fraction of sp³-hybridized carbons (Fsp3) is 0. The van der Waals surface area contributed by atoms with E-state index in [0.717, 1.165) is 180 Å². The number of rotatable bonds is 10. The van der Waals surface area contributed by atoms with Crippen LogP contribution in [0.2, 0.25) is 0 Å². The molecule has 0 atom stereocenters. The second-order valence-corrected chi connectivity index (χ2v) is 28.9. The predicted octanol–water partition coefficient (Wildman–Crippen LogP) is 21.2. The van der Waals surface area contributed by atoms with E-state index in [2.05, 4.69) is 214 Å². The van der Waals surface area contributed by atoms with E-state index >= 15 is 0 Å². The molecular formula is C99H55N21. The number of hydrogen-bond donors (Lipinski definition) is 0. The van der Waals surface area contributed by atoms with Crippen molar-refractivity contribution in [1.29, 1.82) is 0 Å². The van der Waals surface area contributed by atoms with E-state index in [-0.39, 0.29) is 0 Å². The van der Waals surface area contributed by atoms with Crippen molar-refractivity contribution in [3.8, 4) is 114 Å². The Kier molecular flexibility index (Phi) is 16.3. The quantitative estimate of drug-likeness (QED) is 0.115. The van der Waals surface area contributed by atoms with Crippen LogP contribution in [0.25, 0.3) is 244 Å². The van der Waals surface area contributed by atoms with Gasteiger partial charge >= 0.3 is 0 Å². The molecule has 0 N–H and O–H groups in total. The molecule has 0 aliphatic carbocycles. The van der Waals surface area contributed by atoms with Crippen molar-refractivity contribution in [1.82, 2.24) is 105 Å². The largest absolute Gasteiger partial charge is 0.254 e. The van der Waals surface area contributed by atoms with Crippen LogP contribution < -0.4 is 0 Å². The molecule has 556 valence electrons. The monoisotopic (exact) mass is 1540 g/mol. The van der Waals surface area contributed by atoms with Gasteiger partial charge in [0.1, 0.15) is 37.3 Å². The molecule has 0 bridgehead atoms. The van der Waals surface area contributed by atoms with Crippen LogP contribution in [0.15, 0.2) is 336 Å². The molecule has 0 saturated heterocycles. The number of pyridine rings is 6. The molecule has 21 heteroatoms. The van der Waals surface area contributed by atoms with Crippen molar-refractivity contribution in [3.63, 3.8) is 0 Å². The van der Waals surface area contributed by atoms with E-state index in [1.807, 2.05) is 133 Å². The van der Waals surface area contributed by atoms with Crippen molar-refractivity contribution in [2.75, 3.05) is 0 Å². The highest BCUT2D eigenvalue weighted by Crippen LogP contribution is 2.44. The number of aromatic nitrogens is 21. The maximum Gasteiger partial charge on any atom is 0.181 e. The second kappa shape index (κ2) is 28.5. The van der Waals surface area contributed by atoms with Gasteiger partial charge in [-0.1, -0.05) is 194 Å². The van der Waals surface area contributed by atoms with E-state index < -0.39 is 0 Å². The highest BCUT2D eigenvalue weighted by molar-refractivity contribution is 6.28. The number of hydrogen-bond acceptors (Lipinski definition) is 21. The summed E-state index contributed by atoms with van der Waals surface area (Å²) in [5.41, 5.74) is 13.5. The van der Waals surface area contributed by atoms with Gasteiger partial charge in [-0.2, -0.15) is 0 Å². The van der Waals surface area contributed by atoms with E-state index in [1.54, 1.807) is 62.6 Å². The van der Waals surface area contributed by atoms with Crippen LogP contribution in [0, 0.1) is 0 Å². The fourth-order valence-electron chi connectivity index (χ4n) is 16.4. The third-order valence-electron chi connectivity index (χ3n) is 22.0. The standard InChI is InChI=1S/C51H29N11.C48H26N10/c1-3-8-32(9-4-1)46-53-27-55-48(60-46)34-15-19-37-40-24-35(49-56-28-54-47(61-49)33-10-5-2-6-11-33)16-20-38(40)42-26-36(17-21-39(42)41(37)25-34)50-57-29-58-51(62-50)43-22-18-31-14-13-30-12-7-23-52-44(30)45(31)59-43;1-2-10-32-31(9-1)33-15-13-29(45-53-25-55-47(57-45)39-21-27-7-3-17-49-41(27)43-35(39)11-5-19-51-43)24-38(33)34-16-14-30(23-37(32)34)46-54-26-56-48(58-46)40-22-28-8-4-18-50-42(28)44-36(40)12-6-20-52-44/h1-29H;1-26H. The molecule has 120 heavy (non-hydrogen) atoms. The summed E-state index contributed by atoms with van der Waals surface area (Å²) < 4.78 is 0. The van der Waals surface area contributed by atoms with Gasteiger partial charge in [0, 0.05) is 113 Å². The summed E-state index contributed by atoms with van der Waals surface area (Å²) in [6.45, 7) is 0. The van der Waals surface area contributed by atoms with Crippen LogP contribution in [-0.2, 0) is 0 Å². The summed E-state index contributed by atoms with van der Waals surface area (Å²) in [5, 5.41) is 18.8. The molecule has 11 heterocycles. The minimum Gasteiger partial charge on any atom is -0.254 e. The Morgan fingerprint density at radius 3 is 0.825 bits per heavy atom. The smallest absolute Gasteiger partial charge is 0.181 e. The lowest BCUT2D eigenvalue weighted by Gasteiger charge is -2.14. The second-order valence-electron chi connectivity index (χ2n) is 28.9. The maximum atomic E-state index is 5.04. The fourth-order valence-corrected chi connectivity index (χ4v) is 16.4. The van der Waals surface area contributed by atoms with Crippen LogP contribution in [0.1, 0.15) is 0 Å². The van der Waals surface area contributed by atoms with E-state index in [9.17, 15) is 0 Å². The molecule has 0 unspecified atom stereocenters. The molecular weight excluding hydrogens is 1480 g/mol. The zero-order valence-electron chi connectivity index (χ0n) is 63.1. The highest BCUT2D eigenvalue weighted by atomic mass is 15.0. The summed E-state index contributed by atoms with van der Waals surface area (Å²) in [7, 11) is 0. The first-order valence-electron chi connectivity index (χ1n) is 38.8. The molecule has 21 nitrogen and oxygen atoms in total. The van der Waals surface area contributed by atoms with Gasteiger partial charge in [0.15, 0.2) is 58.2 Å². The molecule has 13 aromatic carbocycles. The van der Waals surface area contributed by atoms with Crippen molar-refractivity contribution in [2.24, 2.45) is 0 Å². The van der Waals surface area contributed by atoms with E-state index in [1.165, 1.54) is 0 Å². The Bertz CT molecular complexity index is 8030. The van der Waals surface area contributed by atoms with Gasteiger partial charge < -0.3 is 0 Å². The molecule has 0 radical (unpaired) electrons. The Morgan fingerprint density at radius 1 is 0.142 bits per heavy atom. The predicted molar refractivity (Wildman–Crippen MR) is 471 cm³/mol.